The first-order valence-electron chi connectivity index (χ1n) is 5.52. The van der Waals surface area contributed by atoms with Crippen molar-refractivity contribution in [3.8, 4) is 0 Å². The molecule has 4 nitrogen and oxygen atoms in total. The van der Waals surface area contributed by atoms with Crippen molar-refractivity contribution >= 4 is 39.2 Å². The van der Waals surface area contributed by atoms with Gasteiger partial charge in [-0.25, -0.2) is 4.98 Å². The van der Waals surface area contributed by atoms with Crippen molar-refractivity contribution in [2.75, 3.05) is 5.32 Å². The normalized spacial score (nSPS) is 24.3. The number of aliphatic imine (C=N–C) groups is 1. The maximum Gasteiger partial charge on any atom is 0.189 e. The second kappa shape index (κ2) is 5.18. The number of rotatable bonds is 2. The van der Waals surface area contributed by atoms with Crippen LogP contribution in [0.3, 0.4) is 0 Å². The molecule has 0 saturated carbocycles. The maximum atomic E-state index is 11.1. The van der Waals surface area contributed by atoms with E-state index >= 15 is 0 Å². The molecule has 1 aliphatic rings. The van der Waals surface area contributed by atoms with E-state index in [1.807, 2.05) is 0 Å². The van der Waals surface area contributed by atoms with Crippen LogP contribution in [0.2, 0.25) is 0 Å². The van der Waals surface area contributed by atoms with Crippen molar-refractivity contribution in [3.63, 3.8) is 0 Å². The average Bonchev–Trinajstić information content (AvgIpc) is 2.64. The van der Waals surface area contributed by atoms with Crippen LogP contribution < -0.4 is 5.32 Å². The van der Waals surface area contributed by atoms with Crippen molar-refractivity contribution < 1.29 is 4.79 Å². The third kappa shape index (κ3) is 3.29. The van der Waals surface area contributed by atoms with Crippen molar-refractivity contribution in [2.24, 2.45) is 4.99 Å². The SMILES string of the molecule is CC(=O)c1csc(NC2=NC(C)CC(C)S2)n1. The largest absolute Gasteiger partial charge is 0.311 e. The fraction of sp³-hybridized carbons (Fsp3) is 0.545. The molecule has 1 aromatic heterocycles. The molecule has 0 saturated heterocycles. The molecular weight excluding hydrogens is 254 g/mol. The highest BCUT2D eigenvalue weighted by Gasteiger charge is 2.19. The molecule has 1 aromatic rings. The number of nitrogens with one attached hydrogen (secondary N) is 1. The molecule has 92 valence electrons. The standard InChI is InChI=1S/C11H15N3OS2/c1-6-4-7(2)17-11(12-6)14-10-13-9(5-16-10)8(3)15/h5-7H,4H2,1-3H3,(H,12,13,14). The van der Waals surface area contributed by atoms with Gasteiger partial charge in [-0.15, -0.1) is 11.3 Å². The number of aromatic nitrogens is 1. The topological polar surface area (TPSA) is 54.4 Å². The Morgan fingerprint density at radius 1 is 1.53 bits per heavy atom. The zero-order chi connectivity index (χ0) is 12.4. The van der Waals surface area contributed by atoms with Crippen LogP contribution in [0.1, 0.15) is 37.7 Å². The minimum atomic E-state index is -0.00530. The molecule has 1 aliphatic heterocycles. The van der Waals surface area contributed by atoms with Gasteiger partial charge in [-0.1, -0.05) is 18.7 Å². The van der Waals surface area contributed by atoms with E-state index in [9.17, 15) is 4.79 Å². The Morgan fingerprint density at radius 2 is 2.29 bits per heavy atom. The van der Waals surface area contributed by atoms with E-state index in [1.165, 1.54) is 18.3 Å². The van der Waals surface area contributed by atoms with Crippen molar-refractivity contribution in [3.05, 3.63) is 11.1 Å². The maximum absolute atomic E-state index is 11.1. The number of hydrogen-bond donors (Lipinski definition) is 1. The molecule has 0 bridgehead atoms. The smallest absolute Gasteiger partial charge is 0.189 e. The van der Waals surface area contributed by atoms with Gasteiger partial charge >= 0.3 is 0 Å². The molecule has 6 heteroatoms. The summed E-state index contributed by atoms with van der Waals surface area (Å²) in [4.78, 5) is 19.9. The Hall–Kier alpha value is -0.880. The minimum absolute atomic E-state index is 0.00530. The number of nitrogens with zero attached hydrogens (tertiary/aromatic N) is 2. The zero-order valence-electron chi connectivity index (χ0n) is 10.1. The van der Waals surface area contributed by atoms with Crippen molar-refractivity contribution in [1.82, 2.24) is 4.98 Å². The molecule has 0 radical (unpaired) electrons. The molecule has 2 atom stereocenters. The van der Waals surface area contributed by atoms with Gasteiger partial charge < -0.3 is 5.32 Å². The summed E-state index contributed by atoms with van der Waals surface area (Å²) in [5, 5.41) is 7.16. The summed E-state index contributed by atoms with van der Waals surface area (Å²) in [5.41, 5.74) is 0.514. The summed E-state index contributed by atoms with van der Waals surface area (Å²) in [7, 11) is 0. The lowest BCUT2D eigenvalue weighted by Gasteiger charge is -2.22. The van der Waals surface area contributed by atoms with Crippen molar-refractivity contribution in [1.29, 1.82) is 0 Å². The van der Waals surface area contributed by atoms with Crippen LogP contribution in [-0.4, -0.2) is 27.2 Å². The Labute approximate surface area is 109 Å². The van der Waals surface area contributed by atoms with Gasteiger partial charge in [0.1, 0.15) is 5.69 Å². The van der Waals surface area contributed by atoms with Gasteiger partial charge in [0.2, 0.25) is 0 Å². The van der Waals surface area contributed by atoms with E-state index in [4.69, 9.17) is 0 Å². The third-order valence-corrected chi connectivity index (χ3v) is 4.19. The quantitative estimate of drug-likeness (QED) is 0.838. The molecule has 0 amide bonds. The van der Waals surface area contributed by atoms with Gasteiger partial charge in [0, 0.05) is 17.6 Å². The van der Waals surface area contributed by atoms with Gasteiger partial charge in [0.05, 0.1) is 6.04 Å². The number of amidine groups is 1. The lowest BCUT2D eigenvalue weighted by molar-refractivity contribution is 0.101. The zero-order valence-corrected chi connectivity index (χ0v) is 11.7. The van der Waals surface area contributed by atoms with Crippen LogP contribution in [0.5, 0.6) is 0 Å². The molecule has 0 aromatic carbocycles. The average molecular weight is 269 g/mol. The Bertz CT molecular complexity index is 455. The summed E-state index contributed by atoms with van der Waals surface area (Å²) in [6, 6.07) is 0.348. The molecule has 0 spiro atoms. The predicted octanol–water partition coefficient (Wildman–Crippen LogP) is 3.03. The number of carbonyl (C=O) groups excluding carboxylic acids is 1. The number of ketones is 1. The number of carbonyl (C=O) groups is 1. The fourth-order valence-electron chi connectivity index (χ4n) is 1.65. The summed E-state index contributed by atoms with van der Waals surface area (Å²) in [6.45, 7) is 5.83. The monoisotopic (exact) mass is 269 g/mol. The van der Waals surface area contributed by atoms with Gasteiger partial charge in [-0.2, -0.15) is 0 Å². The molecule has 0 aliphatic carbocycles. The number of Topliss-reactive ketones (excluding diaryl/α,β-unsaturated/α-hetero) is 1. The lowest BCUT2D eigenvalue weighted by atomic mass is 10.2. The van der Waals surface area contributed by atoms with E-state index in [0.29, 0.717) is 17.0 Å². The molecular formula is C11H15N3OS2. The Morgan fingerprint density at radius 3 is 2.88 bits per heavy atom. The van der Waals surface area contributed by atoms with Crippen LogP contribution in [-0.2, 0) is 0 Å². The van der Waals surface area contributed by atoms with Crippen LogP contribution in [0, 0.1) is 0 Å². The van der Waals surface area contributed by atoms with Crippen LogP contribution in [0.15, 0.2) is 10.4 Å². The molecule has 2 unspecified atom stereocenters. The fourth-order valence-corrected chi connectivity index (χ4v) is 3.61. The lowest BCUT2D eigenvalue weighted by Crippen LogP contribution is -2.22. The van der Waals surface area contributed by atoms with E-state index < -0.39 is 0 Å². The molecule has 2 heterocycles. The van der Waals surface area contributed by atoms with E-state index in [1.54, 1.807) is 17.1 Å². The molecule has 17 heavy (non-hydrogen) atoms. The molecule has 2 rings (SSSR count). The van der Waals surface area contributed by atoms with Crippen molar-refractivity contribution in [2.45, 2.75) is 38.5 Å². The highest BCUT2D eigenvalue weighted by molar-refractivity contribution is 8.14. The van der Waals surface area contributed by atoms with Gasteiger partial charge in [0.25, 0.3) is 0 Å². The molecule has 0 fully saturated rings. The third-order valence-electron chi connectivity index (χ3n) is 2.40. The van der Waals surface area contributed by atoms with E-state index in [2.05, 4.69) is 29.1 Å². The van der Waals surface area contributed by atoms with E-state index in [-0.39, 0.29) is 5.78 Å². The summed E-state index contributed by atoms with van der Waals surface area (Å²) >= 11 is 3.16. The second-order valence-corrected chi connectivity index (χ2v) is 6.45. The summed E-state index contributed by atoms with van der Waals surface area (Å²) < 4.78 is 0. The first-order valence-corrected chi connectivity index (χ1v) is 7.28. The highest BCUT2D eigenvalue weighted by Crippen LogP contribution is 2.27. The summed E-state index contributed by atoms with van der Waals surface area (Å²) in [5.74, 6) is -0.00530. The number of hydrogen-bond acceptors (Lipinski definition) is 6. The highest BCUT2D eigenvalue weighted by atomic mass is 32.2. The molecule has 1 N–H and O–H groups in total. The first kappa shape index (κ1) is 12.6. The minimum Gasteiger partial charge on any atom is -0.311 e. The predicted molar refractivity (Wildman–Crippen MR) is 74.3 cm³/mol. The first-order chi connectivity index (χ1) is 8.04. The Kier molecular flexibility index (Phi) is 3.83. The summed E-state index contributed by atoms with van der Waals surface area (Å²) in [6.07, 6.45) is 1.10. The van der Waals surface area contributed by atoms with Gasteiger partial charge in [0.15, 0.2) is 16.1 Å². The van der Waals surface area contributed by atoms with Gasteiger partial charge in [-0.05, 0) is 13.3 Å². The Balaban J connectivity index is 2.07. The van der Waals surface area contributed by atoms with Crippen LogP contribution in [0.25, 0.3) is 0 Å². The van der Waals surface area contributed by atoms with Crippen LogP contribution >= 0.6 is 23.1 Å². The number of thioether (sulfide) groups is 1. The number of anilines is 1. The van der Waals surface area contributed by atoms with Gasteiger partial charge in [-0.3, -0.25) is 9.79 Å². The second-order valence-electron chi connectivity index (χ2n) is 4.17. The van der Waals surface area contributed by atoms with Crippen LogP contribution in [0.4, 0.5) is 5.13 Å². The van der Waals surface area contributed by atoms with E-state index in [0.717, 1.165) is 16.7 Å². The number of thiazole rings is 1.